The number of unbranched alkanes of at least 4 members (excludes halogenated alkanes) is 11. The summed E-state index contributed by atoms with van der Waals surface area (Å²) in [7, 11) is 1.59. The van der Waals surface area contributed by atoms with Crippen LogP contribution in [0.25, 0.3) is 0 Å². The van der Waals surface area contributed by atoms with Crippen LogP contribution >= 0.6 is 0 Å². The standard InChI is InChI=1S/C24H48O5/c1-3-4-5-6-7-8-9-10-11-12-13-14-16-24(28-19-20-29-24)17-15-18-27-22-23(21-25)26-2/h23,25H,3-22H2,1-2H3. The fourth-order valence-electron chi connectivity index (χ4n) is 4.00. The van der Waals surface area contributed by atoms with Crippen molar-refractivity contribution in [1.82, 2.24) is 0 Å². The van der Waals surface area contributed by atoms with Gasteiger partial charge < -0.3 is 24.1 Å². The molecular formula is C24H48O5. The fraction of sp³-hybridized carbons (Fsp3) is 1.00. The molecule has 0 aromatic heterocycles. The van der Waals surface area contributed by atoms with E-state index in [1.807, 2.05) is 0 Å². The third kappa shape index (κ3) is 13.7. The van der Waals surface area contributed by atoms with E-state index in [0.717, 1.165) is 19.3 Å². The van der Waals surface area contributed by atoms with Crippen molar-refractivity contribution in [3.05, 3.63) is 0 Å². The topological polar surface area (TPSA) is 57.2 Å². The van der Waals surface area contributed by atoms with E-state index >= 15 is 0 Å². The van der Waals surface area contributed by atoms with Crippen LogP contribution in [0.15, 0.2) is 0 Å². The maximum atomic E-state index is 9.09. The molecular weight excluding hydrogens is 368 g/mol. The Morgan fingerprint density at radius 2 is 1.31 bits per heavy atom. The lowest BCUT2D eigenvalue weighted by molar-refractivity contribution is -0.170. The van der Waals surface area contributed by atoms with Gasteiger partial charge in [0.1, 0.15) is 6.10 Å². The van der Waals surface area contributed by atoms with Gasteiger partial charge in [0.2, 0.25) is 0 Å². The van der Waals surface area contributed by atoms with Crippen molar-refractivity contribution in [3.63, 3.8) is 0 Å². The van der Waals surface area contributed by atoms with Crippen molar-refractivity contribution in [2.45, 2.75) is 115 Å². The molecule has 1 rings (SSSR count). The third-order valence-electron chi connectivity index (χ3n) is 5.91. The Morgan fingerprint density at radius 1 is 0.793 bits per heavy atom. The quantitative estimate of drug-likeness (QED) is 0.246. The first kappa shape index (κ1) is 26.8. The van der Waals surface area contributed by atoms with Crippen molar-refractivity contribution in [3.8, 4) is 0 Å². The minimum atomic E-state index is -0.389. The molecule has 1 saturated heterocycles. The number of aliphatic hydroxyl groups excluding tert-OH is 1. The number of hydrogen-bond donors (Lipinski definition) is 1. The molecule has 174 valence electrons. The van der Waals surface area contributed by atoms with Crippen LogP contribution in [0.4, 0.5) is 0 Å². The van der Waals surface area contributed by atoms with E-state index in [1.54, 1.807) is 7.11 Å². The summed E-state index contributed by atoms with van der Waals surface area (Å²) in [5, 5.41) is 9.09. The molecule has 0 saturated carbocycles. The van der Waals surface area contributed by atoms with Gasteiger partial charge >= 0.3 is 0 Å². The molecule has 1 aliphatic heterocycles. The molecule has 1 atom stereocenters. The number of hydrogen-bond acceptors (Lipinski definition) is 5. The maximum Gasteiger partial charge on any atom is 0.168 e. The summed E-state index contributed by atoms with van der Waals surface area (Å²) >= 11 is 0. The number of rotatable bonds is 21. The molecule has 1 fully saturated rings. The first-order valence-electron chi connectivity index (χ1n) is 12.3. The van der Waals surface area contributed by atoms with Gasteiger partial charge in [-0.25, -0.2) is 0 Å². The predicted molar refractivity (Wildman–Crippen MR) is 118 cm³/mol. The van der Waals surface area contributed by atoms with E-state index in [4.69, 9.17) is 24.1 Å². The highest BCUT2D eigenvalue weighted by molar-refractivity contribution is 4.74. The monoisotopic (exact) mass is 416 g/mol. The molecule has 0 aromatic rings. The zero-order chi connectivity index (χ0) is 21.0. The van der Waals surface area contributed by atoms with E-state index < -0.39 is 0 Å². The van der Waals surface area contributed by atoms with Crippen molar-refractivity contribution in [2.75, 3.05) is 40.1 Å². The molecule has 1 heterocycles. The Labute approximate surface area is 179 Å². The smallest absolute Gasteiger partial charge is 0.168 e. The Morgan fingerprint density at radius 3 is 1.83 bits per heavy atom. The van der Waals surface area contributed by atoms with Crippen LogP contribution in [0.2, 0.25) is 0 Å². The van der Waals surface area contributed by atoms with Crippen LogP contribution < -0.4 is 0 Å². The summed E-state index contributed by atoms with van der Waals surface area (Å²) in [5.74, 6) is -0.389. The van der Waals surface area contributed by atoms with Gasteiger partial charge in [0, 0.05) is 26.6 Å². The minimum absolute atomic E-state index is 0.00832. The average molecular weight is 417 g/mol. The summed E-state index contributed by atoms with van der Waals surface area (Å²) in [5.41, 5.74) is 0. The van der Waals surface area contributed by atoms with E-state index in [2.05, 4.69) is 6.92 Å². The summed E-state index contributed by atoms with van der Waals surface area (Å²) < 4.78 is 22.6. The second-order valence-corrected chi connectivity index (χ2v) is 8.47. The van der Waals surface area contributed by atoms with E-state index in [0.29, 0.717) is 26.4 Å². The van der Waals surface area contributed by atoms with Crippen molar-refractivity contribution in [1.29, 1.82) is 0 Å². The van der Waals surface area contributed by atoms with Crippen LogP contribution in [0.3, 0.4) is 0 Å². The highest BCUT2D eigenvalue weighted by Gasteiger charge is 2.35. The van der Waals surface area contributed by atoms with Gasteiger partial charge in [-0.1, -0.05) is 77.6 Å². The highest BCUT2D eigenvalue weighted by Crippen LogP contribution is 2.31. The molecule has 0 aromatic carbocycles. The Bertz CT molecular complexity index is 340. The molecule has 0 bridgehead atoms. The lowest BCUT2D eigenvalue weighted by atomic mass is 10.0. The van der Waals surface area contributed by atoms with E-state index in [1.165, 1.54) is 77.0 Å². The molecule has 0 amide bonds. The van der Waals surface area contributed by atoms with Gasteiger partial charge in [-0.05, 0) is 12.8 Å². The molecule has 1 N–H and O–H groups in total. The first-order valence-corrected chi connectivity index (χ1v) is 12.3. The molecule has 29 heavy (non-hydrogen) atoms. The van der Waals surface area contributed by atoms with Gasteiger partial charge in [-0.15, -0.1) is 0 Å². The third-order valence-corrected chi connectivity index (χ3v) is 5.91. The number of aliphatic hydroxyl groups is 1. The van der Waals surface area contributed by atoms with Gasteiger partial charge in [0.05, 0.1) is 26.4 Å². The highest BCUT2D eigenvalue weighted by atomic mass is 16.7. The summed E-state index contributed by atoms with van der Waals surface area (Å²) in [4.78, 5) is 0. The zero-order valence-corrected chi connectivity index (χ0v) is 19.3. The second-order valence-electron chi connectivity index (χ2n) is 8.47. The van der Waals surface area contributed by atoms with Gasteiger partial charge in [-0.2, -0.15) is 0 Å². The van der Waals surface area contributed by atoms with Crippen LogP contribution in [-0.4, -0.2) is 57.1 Å². The van der Waals surface area contributed by atoms with Crippen molar-refractivity contribution >= 4 is 0 Å². The first-order chi connectivity index (χ1) is 14.3. The van der Waals surface area contributed by atoms with Crippen LogP contribution in [-0.2, 0) is 18.9 Å². The number of ether oxygens (including phenoxy) is 4. The summed E-state index contributed by atoms with van der Waals surface area (Å²) in [6.45, 7) is 4.75. The Kier molecular flexibility index (Phi) is 17.2. The second kappa shape index (κ2) is 18.6. The number of methoxy groups -OCH3 is 1. The molecule has 5 heteroatoms. The maximum absolute atomic E-state index is 9.09. The molecule has 0 aliphatic carbocycles. The minimum Gasteiger partial charge on any atom is -0.394 e. The predicted octanol–water partition coefficient (Wildman–Crippen LogP) is 5.62. The Hall–Kier alpha value is -0.200. The SMILES string of the molecule is CCCCCCCCCCCCCCC1(CCCOCC(CO)OC)OCCO1. The molecule has 5 nitrogen and oxygen atoms in total. The largest absolute Gasteiger partial charge is 0.394 e. The Balaban J connectivity index is 1.99. The molecule has 0 radical (unpaired) electrons. The zero-order valence-electron chi connectivity index (χ0n) is 19.3. The molecule has 1 unspecified atom stereocenters. The van der Waals surface area contributed by atoms with E-state index in [-0.39, 0.29) is 18.5 Å². The molecule has 0 spiro atoms. The van der Waals surface area contributed by atoms with Gasteiger partial charge in [0.25, 0.3) is 0 Å². The average Bonchev–Trinajstić information content (AvgIpc) is 3.20. The van der Waals surface area contributed by atoms with Crippen molar-refractivity contribution < 1.29 is 24.1 Å². The van der Waals surface area contributed by atoms with Crippen LogP contribution in [0, 0.1) is 0 Å². The van der Waals surface area contributed by atoms with Gasteiger partial charge in [0.15, 0.2) is 5.79 Å². The van der Waals surface area contributed by atoms with E-state index in [9.17, 15) is 0 Å². The van der Waals surface area contributed by atoms with Crippen LogP contribution in [0.1, 0.15) is 103 Å². The molecule has 1 aliphatic rings. The lowest BCUT2D eigenvalue weighted by Gasteiger charge is -2.27. The van der Waals surface area contributed by atoms with Gasteiger partial charge in [-0.3, -0.25) is 0 Å². The van der Waals surface area contributed by atoms with Crippen LogP contribution in [0.5, 0.6) is 0 Å². The summed E-state index contributed by atoms with van der Waals surface area (Å²) in [6, 6.07) is 0. The lowest BCUT2D eigenvalue weighted by Crippen LogP contribution is -2.30. The van der Waals surface area contributed by atoms with Crippen molar-refractivity contribution in [2.24, 2.45) is 0 Å². The normalized spacial score (nSPS) is 17.1. The summed E-state index contributed by atoms with van der Waals surface area (Å²) in [6.07, 6.45) is 18.9. The fourth-order valence-corrected chi connectivity index (χ4v) is 4.00.